The van der Waals surface area contributed by atoms with Crippen molar-refractivity contribution >= 4 is 62.7 Å². The van der Waals surface area contributed by atoms with Gasteiger partial charge in [0.2, 0.25) is 0 Å². The van der Waals surface area contributed by atoms with Crippen molar-refractivity contribution in [2.24, 2.45) is 29.6 Å². The molecule has 7 rings (SSSR count). The SMILES string of the molecule is Cc1cc2cc(C(=O)[C@H]3C[C@@H]3C(=O)Oc3ccc(C(C)(C)C)cc3)cc(Cl)c2o1.Cc1cc2cc(C(=O)[C@H]3C[C@@H]3CC(C)C)cc(Cl)c2o1. The monoisotopic (exact) mass is 700 g/mol. The van der Waals surface area contributed by atoms with E-state index >= 15 is 0 Å². The quantitative estimate of drug-likeness (QED) is 0.0909. The normalized spacial score (nSPS) is 19.9. The molecule has 0 radical (unpaired) electrons. The number of ether oxygens (including phenoxy) is 1. The third kappa shape index (κ3) is 7.81. The molecule has 4 atom stereocenters. The summed E-state index contributed by atoms with van der Waals surface area (Å²) in [5.74, 6) is 2.46. The van der Waals surface area contributed by atoms with Crippen molar-refractivity contribution in [1.29, 1.82) is 0 Å². The first-order chi connectivity index (χ1) is 23.1. The second-order valence-electron chi connectivity index (χ2n) is 15.1. The average molecular weight is 702 g/mol. The molecule has 49 heavy (non-hydrogen) atoms. The molecule has 5 aromatic rings. The van der Waals surface area contributed by atoms with Gasteiger partial charge in [-0.1, -0.05) is 70.0 Å². The van der Waals surface area contributed by atoms with E-state index in [1.54, 1.807) is 30.3 Å². The molecular weight excluding hydrogens is 659 g/mol. The molecule has 2 aromatic heterocycles. The van der Waals surface area contributed by atoms with Crippen molar-refractivity contribution in [2.45, 2.75) is 73.1 Å². The Morgan fingerprint density at radius 2 is 1.27 bits per heavy atom. The minimum absolute atomic E-state index is 0.0342. The van der Waals surface area contributed by atoms with Crippen LogP contribution in [0.15, 0.2) is 69.5 Å². The molecule has 2 aliphatic carbocycles. The zero-order valence-corrected chi connectivity index (χ0v) is 30.5. The number of fused-ring (bicyclic) bond motifs is 2. The van der Waals surface area contributed by atoms with Gasteiger partial charge in [0.1, 0.15) is 17.3 Å². The summed E-state index contributed by atoms with van der Waals surface area (Å²) in [4.78, 5) is 37.8. The fourth-order valence-electron chi connectivity index (χ4n) is 6.59. The number of benzene rings is 3. The lowest BCUT2D eigenvalue weighted by molar-refractivity contribution is -0.136. The summed E-state index contributed by atoms with van der Waals surface area (Å²) in [7, 11) is 0. The van der Waals surface area contributed by atoms with E-state index in [4.69, 9.17) is 36.8 Å². The molecule has 0 N–H and O–H groups in total. The van der Waals surface area contributed by atoms with Crippen LogP contribution in [0.25, 0.3) is 21.9 Å². The second kappa shape index (κ2) is 13.4. The number of halogens is 2. The number of Topliss-reactive ketones (excluding diaryl/α,β-unsaturated/α-hetero) is 2. The smallest absolute Gasteiger partial charge is 0.315 e. The molecule has 2 saturated carbocycles. The number of furan rings is 2. The maximum Gasteiger partial charge on any atom is 0.315 e. The Labute approximate surface area is 297 Å². The molecule has 0 amide bonds. The van der Waals surface area contributed by atoms with Crippen LogP contribution in [-0.2, 0) is 10.2 Å². The highest BCUT2D eigenvalue weighted by molar-refractivity contribution is 6.36. The van der Waals surface area contributed by atoms with Crippen LogP contribution < -0.4 is 4.74 Å². The van der Waals surface area contributed by atoms with Gasteiger partial charge < -0.3 is 13.6 Å². The number of carbonyl (C=O) groups is 3. The number of esters is 1. The molecule has 0 aliphatic heterocycles. The Hall–Kier alpha value is -3.87. The molecule has 0 spiro atoms. The first-order valence-corrected chi connectivity index (χ1v) is 17.6. The molecule has 2 aliphatic rings. The van der Waals surface area contributed by atoms with Crippen molar-refractivity contribution < 1.29 is 28.0 Å². The summed E-state index contributed by atoms with van der Waals surface area (Å²) in [6.07, 6.45) is 2.66. The van der Waals surface area contributed by atoms with Crippen LogP contribution >= 0.6 is 23.2 Å². The first-order valence-electron chi connectivity index (χ1n) is 16.9. The van der Waals surface area contributed by atoms with Gasteiger partial charge in [0.15, 0.2) is 22.7 Å². The van der Waals surface area contributed by atoms with E-state index in [9.17, 15) is 14.4 Å². The highest BCUT2D eigenvalue weighted by Crippen LogP contribution is 2.46. The van der Waals surface area contributed by atoms with E-state index in [0.717, 1.165) is 40.7 Å². The molecule has 0 saturated heterocycles. The Balaban J connectivity index is 0.000000182. The standard InChI is InChI=1S/C24H23ClO4.C17H19ClO2/c1-13-9-15-10-14(11-20(25)22(15)28-13)21(26)18-12-19(18)23(27)29-17-7-5-16(6-8-17)24(2,3)4;1-9(2)4-11-7-14(11)16(19)12-6-13-5-10(3)20-17(13)15(18)8-12/h5-11,18-19H,12H2,1-4H3;5-6,8-9,11,14H,4,7H2,1-3H3/t18-,19-;11-,14-/m00/s1. The lowest BCUT2D eigenvalue weighted by Crippen LogP contribution is -2.15. The van der Waals surface area contributed by atoms with Crippen LogP contribution in [0.4, 0.5) is 0 Å². The third-order valence-corrected chi connectivity index (χ3v) is 9.92. The van der Waals surface area contributed by atoms with Crippen LogP contribution in [0, 0.1) is 43.4 Å². The molecular formula is C41H42Cl2O6. The van der Waals surface area contributed by atoms with Gasteiger partial charge in [-0.2, -0.15) is 0 Å². The summed E-state index contributed by atoms with van der Waals surface area (Å²) in [6, 6.07) is 18.3. The summed E-state index contributed by atoms with van der Waals surface area (Å²) in [5.41, 5.74) is 3.67. The Kier molecular flexibility index (Phi) is 9.60. The second-order valence-corrected chi connectivity index (χ2v) is 15.9. The van der Waals surface area contributed by atoms with E-state index in [0.29, 0.717) is 50.8 Å². The van der Waals surface area contributed by atoms with Crippen LogP contribution in [0.1, 0.15) is 91.7 Å². The predicted octanol–water partition coefficient (Wildman–Crippen LogP) is 11.4. The maximum atomic E-state index is 12.8. The van der Waals surface area contributed by atoms with Gasteiger partial charge in [-0.3, -0.25) is 14.4 Å². The topological polar surface area (TPSA) is 86.7 Å². The van der Waals surface area contributed by atoms with Crippen LogP contribution in [0.5, 0.6) is 5.75 Å². The Morgan fingerprint density at radius 1 is 0.755 bits per heavy atom. The fraction of sp³-hybridized carbons (Fsp3) is 0.390. The van der Waals surface area contributed by atoms with Gasteiger partial charge in [0, 0.05) is 33.7 Å². The highest BCUT2D eigenvalue weighted by atomic mass is 35.5. The summed E-state index contributed by atoms with van der Waals surface area (Å²) >= 11 is 12.5. The van der Waals surface area contributed by atoms with Crippen molar-refractivity contribution in [2.75, 3.05) is 0 Å². The average Bonchev–Trinajstić information content (AvgIpc) is 3.91. The Bertz CT molecular complexity index is 2060. The van der Waals surface area contributed by atoms with Gasteiger partial charge in [0.05, 0.1) is 16.0 Å². The Morgan fingerprint density at radius 3 is 1.76 bits per heavy atom. The molecule has 0 bridgehead atoms. The van der Waals surface area contributed by atoms with Crippen LogP contribution in [0.2, 0.25) is 10.0 Å². The molecule has 0 unspecified atom stereocenters. The van der Waals surface area contributed by atoms with Gasteiger partial charge in [-0.25, -0.2) is 0 Å². The lowest BCUT2D eigenvalue weighted by Gasteiger charge is -2.19. The fourth-order valence-corrected chi connectivity index (χ4v) is 7.12. The number of hydrogen-bond donors (Lipinski definition) is 0. The van der Waals surface area contributed by atoms with E-state index < -0.39 is 5.92 Å². The van der Waals surface area contributed by atoms with E-state index in [2.05, 4.69) is 34.6 Å². The molecule has 2 fully saturated rings. The van der Waals surface area contributed by atoms with Gasteiger partial charge in [-0.15, -0.1) is 0 Å². The summed E-state index contributed by atoms with van der Waals surface area (Å²) in [5, 5.41) is 2.63. The molecule has 6 nitrogen and oxygen atoms in total. The van der Waals surface area contributed by atoms with E-state index in [1.165, 1.54) is 5.56 Å². The van der Waals surface area contributed by atoms with Gasteiger partial charge >= 0.3 is 5.97 Å². The van der Waals surface area contributed by atoms with Crippen molar-refractivity contribution in [3.8, 4) is 5.75 Å². The number of hydrogen-bond acceptors (Lipinski definition) is 6. The molecule has 2 heterocycles. The van der Waals surface area contributed by atoms with Crippen LogP contribution in [0.3, 0.4) is 0 Å². The molecule has 3 aromatic carbocycles. The van der Waals surface area contributed by atoms with E-state index in [1.807, 2.05) is 44.2 Å². The van der Waals surface area contributed by atoms with Crippen molar-refractivity contribution in [1.82, 2.24) is 0 Å². The van der Waals surface area contributed by atoms with Crippen molar-refractivity contribution in [3.05, 3.63) is 98.9 Å². The summed E-state index contributed by atoms with van der Waals surface area (Å²) < 4.78 is 16.6. The number of ketones is 2. The number of aryl methyl sites for hydroxylation is 2. The largest absolute Gasteiger partial charge is 0.460 e. The van der Waals surface area contributed by atoms with Gasteiger partial charge in [0.25, 0.3) is 0 Å². The minimum Gasteiger partial charge on any atom is -0.460 e. The lowest BCUT2D eigenvalue weighted by atomic mass is 9.87. The van der Waals surface area contributed by atoms with Crippen LogP contribution in [-0.4, -0.2) is 17.5 Å². The maximum absolute atomic E-state index is 12.8. The summed E-state index contributed by atoms with van der Waals surface area (Å²) in [6.45, 7) is 14.5. The van der Waals surface area contributed by atoms with Crippen molar-refractivity contribution in [3.63, 3.8) is 0 Å². The van der Waals surface area contributed by atoms with Gasteiger partial charge in [-0.05, 0) is 104 Å². The molecule has 8 heteroatoms. The third-order valence-electron chi connectivity index (χ3n) is 9.36. The zero-order chi connectivity index (χ0) is 35.4. The molecule has 256 valence electrons. The predicted molar refractivity (Wildman–Crippen MR) is 194 cm³/mol. The van der Waals surface area contributed by atoms with E-state index in [-0.39, 0.29) is 34.8 Å². The zero-order valence-electron chi connectivity index (χ0n) is 29.0. The minimum atomic E-state index is -0.412. The number of rotatable bonds is 8. The first kappa shape index (κ1) is 35.0. The number of carbonyl (C=O) groups excluding carboxylic acids is 3. The highest BCUT2D eigenvalue weighted by Gasteiger charge is 2.49.